The van der Waals surface area contributed by atoms with Crippen LogP contribution in [0.5, 0.6) is 5.75 Å². The van der Waals surface area contributed by atoms with Gasteiger partial charge in [-0.2, -0.15) is 0 Å². The molecule has 0 aliphatic rings. The molecule has 82 valence electrons. The van der Waals surface area contributed by atoms with Crippen LogP contribution in [-0.2, 0) is 4.79 Å². The number of halogens is 1. The minimum absolute atomic E-state index is 0.148. The molecule has 0 unspecified atom stereocenters. The first-order valence-electron chi connectivity index (χ1n) is 4.98. The minimum atomic E-state index is -0.304. The van der Waals surface area contributed by atoms with Gasteiger partial charge in [0, 0.05) is 12.5 Å². The number of carbonyl (C=O) groups excluding carboxylic acids is 1. The summed E-state index contributed by atoms with van der Waals surface area (Å²) in [5.41, 5.74) is 0.902. The maximum absolute atomic E-state index is 12.9. The van der Waals surface area contributed by atoms with Gasteiger partial charge in [0.15, 0.2) is 0 Å². The molecule has 0 saturated heterocycles. The average molecular weight is 210 g/mol. The molecule has 0 aromatic heterocycles. The highest BCUT2D eigenvalue weighted by atomic mass is 19.1. The molecule has 1 rings (SSSR count). The lowest BCUT2D eigenvalue weighted by atomic mass is 10.2. The molecule has 0 radical (unpaired) electrons. The van der Waals surface area contributed by atoms with Crippen LogP contribution in [0.3, 0.4) is 0 Å². The van der Waals surface area contributed by atoms with Crippen LogP contribution in [0.4, 0.5) is 4.39 Å². The minimum Gasteiger partial charge on any atom is -0.493 e. The molecule has 1 aromatic carbocycles. The number of rotatable bonds is 5. The van der Waals surface area contributed by atoms with E-state index in [-0.39, 0.29) is 11.6 Å². The van der Waals surface area contributed by atoms with Gasteiger partial charge in [0.1, 0.15) is 17.3 Å². The summed E-state index contributed by atoms with van der Waals surface area (Å²) in [6.07, 6.45) is 1.18. The van der Waals surface area contributed by atoms with Crippen molar-refractivity contribution in [3.05, 3.63) is 29.6 Å². The molecule has 0 aliphatic carbocycles. The zero-order chi connectivity index (χ0) is 11.3. The van der Waals surface area contributed by atoms with E-state index in [0.29, 0.717) is 25.2 Å². The lowest BCUT2D eigenvalue weighted by Crippen LogP contribution is -2.01. The number of hydrogen-bond donors (Lipinski definition) is 0. The van der Waals surface area contributed by atoms with E-state index < -0.39 is 0 Å². The molecular formula is C12H15FO2. The Kier molecular flexibility index (Phi) is 4.28. The van der Waals surface area contributed by atoms with Crippen molar-refractivity contribution in [1.82, 2.24) is 0 Å². The number of benzene rings is 1. The highest BCUT2D eigenvalue weighted by Gasteiger charge is 2.01. The molecule has 0 saturated carbocycles. The van der Waals surface area contributed by atoms with Crippen LogP contribution in [0.15, 0.2) is 18.2 Å². The number of carbonyl (C=O) groups is 1. The molecule has 0 spiro atoms. The summed E-state index contributed by atoms with van der Waals surface area (Å²) in [6, 6.07) is 4.44. The fourth-order valence-corrected chi connectivity index (χ4v) is 1.23. The van der Waals surface area contributed by atoms with Gasteiger partial charge in [-0.05, 0) is 31.9 Å². The third kappa shape index (κ3) is 4.11. The Morgan fingerprint density at radius 2 is 2.20 bits per heavy atom. The van der Waals surface area contributed by atoms with Crippen molar-refractivity contribution in [1.29, 1.82) is 0 Å². The quantitative estimate of drug-likeness (QED) is 0.698. The Labute approximate surface area is 89.1 Å². The number of ether oxygens (including phenoxy) is 1. The predicted molar refractivity (Wildman–Crippen MR) is 56.5 cm³/mol. The third-order valence-electron chi connectivity index (χ3n) is 2.08. The molecule has 2 nitrogen and oxygen atoms in total. The molecule has 3 heteroatoms. The lowest BCUT2D eigenvalue weighted by molar-refractivity contribution is -0.117. The van der Waals surface area contributed by atoms with Gasteiger partial charge in [0.2, 0.25) is 0 Å². The first kappa shape index (κ1) is 11.7. The highest BCUT2D eigenvalue weighted by molar-refractivity contribution is 5.75. The number of hydrogen-bond acceptors (Lipinski definition) is 2. The smallest absolute Gasteiger partial charge is 0.129 e. The van der Waals surface area contributed by atoms with Crippen LogP contribution in [0, 0.1) is 12.7 Å². The van der Waals surface area contributed by atoms with Crippen molar-refractivity contribution in [2.24, 2.45) is 0 Å². The van der Waals surface area contributed by atoms with Crippen molar-refractivity contribution >= 4 is 5.78 Å². The summed E-state index contributed by atoms with van der Waals surface area (Å²) in [5.74, 6) is 0.398. The van der Waals surface area contributed by atoms with Crippen molar-refractivity contribution in [2.75, 3.05) is 6.61 Å². The molecule has 0 bridgehead atoms. The van der Waals surface area contributed by atoms with E-state index in [1.807, 2.05) is 6.92 Å². The van der Waals surface area contributed by atoms with Crippen LogP contribution >= 0.6 is 0 Å². The van der Waals surface area contributed by atoms with Gasteiger partial charge in [-0.3, -0.25) is 0 Å². The predicted octanol–water partition coefficient (Wildman–Crippen LogP) is 2.88. The molecule has 15 heavy (non-hydrogen) atoms. The first-order chi connectivity index (χ1) is 7.09. The molecule has 0 heterocycles. The van der Waals surface area contributed by atoms with Crippen molar-refractivity contribution in [3.63, 3.8) is 0 Å². The topological polar surface area (TPSA) is 26.3 Å². The number of Topliss-reactive ketones (excluding diaryl/α,β-unsaturated/α-hetero) is 1. The van der Waals surface area contributed by atoms with Gasteiger partial charge in [0.05, 0.1) is 6.61 Å². The van der Waals surface area contributed by atoms with Gasteiger partial charge < -0.3 is 9.53 Å². The number of ketones is 1. The van der Waals surface area contributed by atoms with Gasteiger partial charge in [0.25, 0.3) is 0 Å². The Morgan fingerprint density at radius 1 is 1.47 bits per heavy atom. The molecular weight excluding hydrogens is 195 g/mol. The van der Waals surface area contributed by atoms with Gasteiger partial charge in [-0.25, -0.2) is 4.39 Å². The lowest BCUT2D eigenvalue weighted by Gasteiger charge is -2.08. The Hall–Kier alpha value is -1.38. The van der Waals surface area contributed by atoms with Gasteiger partial charge in [-0.1, -0.05) is 6.07 Å². The summed E-state index contributed by atoms with van der Waals surface area (Å²) in [6.45, 7) is 3.86. The molecule has 0 N–H and O–H groups in total. The van der Waals surface area contributed by atoms with E-state index in [9.17, 15) is 9.18 Å². The maximum atomic E-state index is 12.9. The van der Waals surface area contributed by atoms with E-state index in [0.717, 1.165) is 5.56 Å². The number of aryl methyl sites for hydroxylation is 1. The molecule has 0 aliphatic heterocycles. The molecule has 0 atom stereocenters. The monoisotopic (exact) mass is 210 g/mol. The Bertz CT molecular complexity index is 347. The highest BCUT2D eigenvalue weighted by Crippen LogP contribution is 2.18. The van der Waals surface area contributed by atoms with Crippen LogP contribution in [-0.4, -0.2) is 12.4 Å². The van der Waals surface area contributed by atoms with Gasteiger partial charge >= 0.3 is 0 Å². The second-order valence-corrected chi connectivity index (χ2v) is 3.56. The zero-order valence-electron chi connectivity index (χ0n) is 9.05. The first-order valence-corrected chi connectivity index (χ1v) is 4.98. The van der Waals surface area contributed by atoms with E-state index >= 15 is 0 Å². The second kappa shape index (κ2) is 5.49. The zero-order valence-corrected chi connectivity index (χ0v) is 9.05. The van der Waals surface area contributed by atoms with E-state index in [2.05, 4.69) is 0 Å². The van der Waals surface area contributed by atoms with Crippen molar-refractivity contribution in [2.45, 2.75) is 26.7 Å². The SMILES string of the molecule is CC(=O)CCCOc1cc(F)ccc1C. The maximum Gasteiger partial charge on any atom is 0.129 e. The summed E-state index contributed by atoms with van der Waals surface area (Å²) in [7, 11) is 0. The fraction of sp³-hybridized carbons (Fsp3) is 0.417. The largest absolute Gasteiger partial charge is 0.493 e. The Morgan fingerprint density at radius 3 is 2.87 bits per heavy atom. The summed E-state index contributed by atoms with van der Waals surface area (Å²) < 4.78 is 18.2. The van der Waals surface area contributed by atoms with Crippen LogP contribution < -0.4 is 4.74 Å². The van der Waals surface area contributed by atoms with Crippen LogP contribution in [0.25, 0.3) is 0 Å². The summed E-state index contributed by atoms with van der Waals surface area (Å²) in [4.78, 5) is 10.7. The van der Waals surface area contributed by atoms with E-state index in [1.165, 1.54) is 12.1 Å². The van der Waals surface area contributed by atoms with Crippen molar-refractivity contribution < 1.29 is 13.9 Å². The molecule has 1 aromatic rings. The average Bonchev–Trinajstić information content (AvgIpc) is 2.17. The van der Waals surface area contributed by atoms with Gasteiger partial charge in [-0.15, -0.1) is 0 Å². The standard InChI is InChI=1S/C12H15FO2/c1-9-5-6-11(13)8-12(9)15-7-3-4-10(2)14/h5-6,8H,3-4,7H2,1-2H3. The third-order valence-corrected chi connectivity index (χ3v) is 2.08. The summed E-state index contributed by atoms with van der Waals surface area (Å²) >= 11 is 0. The normalized spacial score (nSPS) is 10.1. The Balaban J connectivity index is 2.43. The fourth-order valence-electron chi connectivity index (χ4n) is 1.23. The molecule has 0 fully saturated rings. The second-order valence-electron chi connectivity index (χ2n) is 3.56. The molecule has 0 amide bonds. The van der Waals surface area contributed by atoms with Crippen LogP contribution in [0.2, 0.25) is 0 Å². The van der Waals surface area contributed by atoms with E-state index in [4.69, 9.17) is 4.74 Å². The van der Waals surface area contributed by atoms with E-state index in [1.54, 1.807) is 13.0 Å². The van der Waals surface area contributed by atoms with Crippen LogP contribution in [0.1, 0.15) is 25.3 Å². The summed E-state index contributed by atoms with van der Waals surface area (Å²) in [5, 5.41) is 0. The van der Waals surface area contributed by atoms with Crippen molar-refractivity contribution in [3.8, 4) is 5.75 Å².